The van der Waals surface area contributed by atoms with E-state index in [0.29, 0.717) is 5.75 Å². The average molecular weight is 395 g/mol. The zero-order valence-electron chi connectivity index (χ0n) is 14.1. The Labute approximate surface area is 155 Å². The van der Waals surface area contributed by atoms with Crippen LogP contribution in [0.15, 0.2) is 59.5 Å². The number of ether oxygens (including phenoxy) is 1. The van der Waals surface area contributed by atoms with Gasteiger partial charge in [-0.1, -0.05) is 18.2 Å². The maximum absolute atomic E-state index is 12.7. The van der Waals surface area contributed by atoms with Gasteiger partial charge < -0.3 is 4.74 Å². The molecule has 144 valence electrons. The molecule has 0 radical (unpaired) electrons. The molecule has 0 fully saturated rings. The van der Waals surface area contributed by atoms with Crippen LogP contribution in [0.25, 0.3) is 0 Å². The lowest BCUT2D eigenvalue weighted by Crippen LogP contribution is -2.44. The molecule has 0 spiro atoms. The van der Waals surface area contributed by atoms with Crippen molar-refractivity contribution in [2.45, 2.75) is 11.3 Å². The number of hydrogen-bond donors (Lipinski definition) is 3. The molecule has 0 bridgehead atoms. The van der Waals surface area contributed by atoms with Crippen molar-refractivity contribution in [3.8, 4) is 5.75 Å². The molecule has 0 aliphatic rings. The first-order chi connectivity index (χ1) is 12.9. The fourth-order valence-corrected chi connectivity index (χ4v) is 2.95. The van der Waals surface area contributed by atoms with Crippen molar-refractivity contribution in [3.05, 3.63) is 60.4 Å². The fourth-order valence-electron chi connectivity index (χ4n) is 1.90. The Morgan fingerprint density at radius 1 is 0.926 bits per heavy atom. The molecule has 3 N–H and O–H groups in total. The highest BCUT2D eigenvalue weighted by Gasteiger charge is 2.13. The van der Waals surface area contributed by atoms with Gasteiger partial charge in [-0.05, 0) is 36.4 Å². The van der Waals surface area contributed by atoms with Gasteiger partial charge in [0.15, 0.2) is 6.61 Å². The van der Waals surface area contributed by atoms with E-state index in [0.717, 1.165) is 0 Å². The summed E-state index contributed by atoms with van der Waals surface area (Å²) in [6, 6.07) is 12.8. The van der Waals surface area contributed by atoms with E-state index in [4.69, 9.17) is 4.74 Å². The third-order valence-corrected chi connectivity index (χ3v) is 4.70. The third-order valence-electron chi connectivity index (χ3n) is 3.22. The SMILES string of the molecule is O=C(CCNS(=O)(=O)c1ccccc1)NNC(=O)COc1ccc(F)cc1. The van der Waals surface area contributed by atoms with E-state index in [1.807, 2.05) is 0 Å². The summed E-state index contributed by atoms with van der Waals surface area (Å²) in [5.41, 5.74) is 4.27. The smallest absolute Gasteiger partial charge is 0.276 e. The molecule has 0 atom stereocenters. The molecule has 0 aliphatic heterocycles. The minimum atomic E-state index is -3.69. The number of amides is 2. The van der Waals surface area contributed by atoms with Gasteiger partial charge in [0, 0.05) is 13.0 Å². The summed E-state index contributed by atoms with van der Waals surface area (Å²) in [4.78, 5) is 23.3. The van der Waals surface area contributed by atoms with Gasteiger partial charge in [0.1, 0.15) is 11.6 Å². The summed E-state index contributed by atoms with van der Waals surface area (Å²) >= 11 is 0. The lowest BCUT2D eigenvalue weighted by Gasteiger charge is -2.09. The van der Waals surface area contributed by atoms with Crippen LogP contribution >= 0.6 is 0 Å². The zero-order chi connectivity index (χ0) is 19.7. The van der Waals surface area contributed by atoms with Crippen LogP contribution in [0.4, 0.5) is 4.39 Å². The number of sulfonamides is 1. The van der Waals surface area contributed by atoms with Crippen molar-refractivity contribution in [2.24, 2.45) is 0 Å². The van der Waals surface area contributed by atoms with Crippen molar-refractivity contribution >= 4 is 21.8 Å². The van der Waals surface area contributed by atoms with E-state index in [2.05, 4.69) is 15.6 Å². The summed E-state index contributed by atoms with van der Waals surface area (Å²) in [6.45, 7) is -0.516. The van der Waals surface area contributed by atoms with Crippen molar-refractivity contribution in [1.82, 2.24) is 15.6 Å². The van der Waals surface area contributed by atoms with Gasteiger partial charge in [0.25, 0.3) is 5.91 Å². The number of carbonyl (C=O) groups is 2. The first-order valence-corrected chi connectivity index (χ1v) is 9.36. The highest BCUT2D eigenvalue weighted by atomic mass is 32.2. The van der Waals surface area contributed by atoms with E-state index in [-0.39, 0.29) is 24.5 Å². The summed E-state index contributed by atoms with van der Waals surface area (Å²) in [7, 11) is -3.69. The number of hydrazine groups is 1. The second-order valence-corrected chi connectivity index (χ2v) is 7.07. The predicted octanol–water partition coefficient (Wildman–Crippen LogP) is 0.720. The molecule has 8 nitrogen and oxygen atoms in total. The molecular weight excluding hydrogens is 377 g/mol. The van der Waals surface area contributed by atoms with Crippen LogP contribution in [0.5, 0.6) is 5.75 Å². The van der Waals surface area contributed by atoms with Crippen LogP contribution in [0, 0.1) is 5.82 Å². The number of rotatable bonds is 8. The summed E-state index contributed by atoms with van der Waals surface area (Å²) in [5, 5.41) is 0. The molecule has 2 amide bonds. The van der Waals surface area contributed by atoms with Gasteiger partial charge in [-0.2, -0.15) is 0 Å². The molecular formula is C17H18FN3O5S. The lowest BCUT2D eigenvalue weighted by molar-refractivity contribution is -0.129. The van der Waals surface area contributed by atoms with Crippen LogP contribution in [0.3, 0.4) is 0 Å². The highest BCUT2D eigenvalue weighted by molar-refractivity contribution is 7.89. The molecule has 2 rings (SSSR count). The van der Waals surface area contributed by atoms with Gasteiger partial charge in [-0.3, -0.25) is 20.4 Å². The van der Waals surface area contributed by atoms with Crippen molar-refractivity contribution < 1.29 is 27.1 Å². The maximum Gasteiger partial charge on any atom is 0.276 e. The van der Waals surface area contributed by atoms with Crippen LogP contribution in [-0.2, 0) is 19.6 Å². The van der Waals surface area contributed by atoms with Gasteiger partial charge in [-0.25, -0.2) is 17.5 Å². The van der Waals surface area contributed by atoms with E-state index in [1.54, 1.807) is 18.2 Å². The van der Waals surface area contributed by atoms with Gasteiger partial charge >= 0.3 is 0 Å². The van der Waals surface area contributed by atoms with Gasteiger partial charge in [0.2, 0.25) is 15.9 Å². The number of hydrogen-bond acceptors (Lipinski definition) is 5. The Balaban J connectivity index is 1.65. The van der Waals surface area contributed by atoms with Crippen molar-refractivity contribution in [1.29, 1.82) is 0 Å². The Kier molecular flexibility index (Phi) is 7.26. The predicted molar refractivity (Wildman–Crippen MR) is 94.4 cm³/mol. The van der Waals surface area contributed by atoms with E-state index in [9.17, 15) is 22.4 Å². The molecule has 0 aliphatic carbocycles. The molecule has 10 heteroatoms. The molecule has 0 saturated heterocycles. The van der Waals surface area contributed by atoms with Crippen LogP contribution in [0.2, 0.25) is 0 Å². The van der Waals surface area contributed by atoms with Crippen LogP contribution in [-0.4, -0.2) is 33.4 Å². The summed E-state index contributed by atoms with van der Waals surface area (Å²) < 4.78 is 44.1. The standard InChI is InChI=1S/C17H18FN3O5S/c18-13-6-8-14(9-7-13)26-12-17(23)21-20-16(22)10-11-19-27(24,25)15-4-2-1-3-5-15/h1-9,19H,10-12H2,(H,20,22)(H,21,23). The van der Waals surface area contributed by atoms with Crippen LogP contribution in [0.1, 0.15) is 6.42 Å². The monoisotopic (exact) mass is 395 g/mol. The molecule has 27 heavy (non-hydrogen) atoms. The fraction of sp³-hybridized carbons (Fsp3) is 0.176. The van der Waals surface area contributed by atoms with E-state index < -0.39 is 27.7 Å². The van der Waals surface area contributed by atoms with Crippen molar-refractivity contribution in [2.75, 3.05) is 13.2 Å². The second-order valence-electron chi connectivity index (χ2n) is 5.30. The van der Waals surface area contributed by atoms with E-state index in [1.165, 1.54) is 36.4 Å². The third kappa shape index (κ3) is 7.04. The molecule has 2 aromatic carbocycles. The van der Waals surface area contributed by atoms with Crippen LogP contribution < -0.4 is 20.3 Å². The topological polar surface area (TPSA) is 114 Å². The highest BCUT2D eigenvalue weighted by Crippen LogP contribution is 2.10. The quantitative estimate of drug-likeness (QED) is 0.570. The first kappa shape index (κ1) is 20.3. The van der Waals surface area contributed by atoms with Gasteiger partial charge in [-0.15, -0.1) is 0 Å². The normalized spacial score (nSPS) is 10.9. The summed E-state index contributed by atoms with van der Waals surface area (Å²) in [5.74, 6) is -1.34. The Morgan fingerprint density at radius 2 is 1.56 bits per heavy atom. The number of halogens is 1. The molecule has 2 aromatic rings. The molecule has 0 unspecified atom stereocenters. The number of benzene rings is 2. The lowest BCUT2D eigenvalue weighted by atomic mass is 10.3. The Bertz CT molecular complexity index is 873. The maximum atomic E-state index is 12.7. The van der Waals surface area contributed by atoms with Gasteiger partial charge in [0.05, 0.1) is 4.90 Å². The molecule has 0 heterocycles. The second kappa shape index (κ2) is 9.64. The largest absolute Gasteiger partial charge is 0.484 e. The summed E-state index contributed by atoms with van der Waals surface area (Å²) in [6.07, 6.45) is -0.175. The molecule has 0 saturated carbocycles. The molecule has 0 aromatic heterocycles. The van der Waals surface area contributed by atoms with Crippen molar-refractivity contribution in [3.63, 3.8) is 0 Å². The zero-order valence-corrected chi connectivity index (χ0v) is 15.0. The minimum absolute atomic E-state index is 0.0941. The minimum Gasteiger partial charge on any atom is -0.484 e. The first-order valence-electron chi connectivity index (χ1n) is 7.87. The average Bonchev–Trinajstić information content (AvgIpc) is 2.66. The van der Waals surface area contributed by atoms with E-state index >= 15 is 0 Å². The number of carbonyl (C=O) groups excluding carboxylic acids is 2. The Morgan fingerprint density at radius 3 is 2.22 bits per heavy atom. The number of nitrogens with one attached hydrogen (secondary N) is 3. The Hall–Kier alpha value is -2.98.